The Balaban J connectivity index is 1.31. The van der Waals surface area contributed by atoms with Gasteiger partial charge in [0.05, 0.1) is 39.2 Å². The number of rotatable bonds is 8. The molecular weight excluding hydrogens is 925 g/mol. The smallest absolute Gasteiger partial charge is 0.308 e. The summed E-state index contributed by atoms with van der Waals surface area (Å²) in [6, 6.07) is 58.8. The van der Waals surface area contributed by atoms with E-state index in [-0.39, 0.29) is 39.3 Å². The van der Waals surface area contributed by atoms with Gasteiger partial charge in [0.25, 0.3) is 0 Å². The van der Waals surface area contributed by atoms with Crippen molar-refractivity contribution in [1.82, 2.24) is 14.5 Å². The first-order valence-corrected chi connectivity index (χ1v) is 23.8. The summed E-state index contributed by atoms with van der Waals surface area (Å²) in [7, 11) is 0. The van der Waals surface area contributed by atoms with Gasteiger partial charge >= 0.3 is 12.4 Å². The summed E-state index contributed by atoms with van der Waals surface area (Å²) < 4.78 is 95.5. The molecule has 0 aliphatic carbocycles. The van der Waals surface area contributed by atoms with Crippen LogP contribution in [0.2, 0.25) is 0 Å². The van der Waals surface area contributed by atoms with Gasteiger partial charge < -0.3 is 4.57 Å². The van der Waals surface area contributed by atoms with Crippen molar-refractivity contribution in [2.45, 2.75) is 40.0 Å². The van der Waals surface area contributed by atoms with Crippen molar-refractivity contribution in [3.63, 3.8) is 0 Å². The second kappa shape index (κ2) is 18.2. The van der Waals surface area contributed by atoms with E-state index >= 15 is 26.3 Å². The molecular formula is C64H45F6N3. The molecule has 73 heavy (non-hydrogen) atoms. The molecule has 9 heteroatoms. The minimum Gasteiger partial charge on any atom is -0.308 e. The predicted octanol–water partition coefficient (Wildman–Crippen LogP) is 18.5. The molecule has 358 valence electrons. The second-order valence-corrected chi connectivity index (χ2v) is 18.8. The summed E-state index contributed by atoms with van der Waals surface area (Å²) in [6.07, 6.45) is -9.72. The summed E-state index contributed by atoms with van der Waals surface area (Å²) in [5, 5.41) is 1.52. The van der Waals surface area contributed by atoms with E-state index in [2.05, 4.69) is 48.5 Å². The first kappa shape index (κ1) is 46.8. The minimum absolute atomic E-state index is 0.0305. The van der Waals surface area contributed by atoms with Crippen LogP contribution in [0.4, 0.5) is 26.3 Å². The quantitative estimate of drug-likeness (QED) is 0.142. The lowest BCUT2D eigenvalue weighted by atomic mass is 9.88. The van der Waals surface area contributed by atoms with Gasteiger partial charge in [-0.1, -0.05) is 168 Å². The number of hydrogen-bond acceptors (Lipinski definition) is 2. The number of fused-ring (bicyclic) bond motifs is 3. The van der Waals surface area contributed by atoms with Crippen LogP contribution >= 0.6 is 0 Å². The van der Waals surface area contributed by atoms with Crippen molar-refractivity contribution in [2.75, 3.05) is 0 Å². The van der Waals surface area contributed by atoms with Gasteiger partial charge in [-0.2, -0.15) is 26.3 Å². The summed E-state index contributed by atoms with van der Waals surface area (Å²) >= 11 is 0. The number of aryl methyl sites for hydroxylation is 4. The Labute approximate surface area is 418 Å². The summed E-state index contributed by atoms with van der Waals surface area (Å²) in [6.45, 7) is 8.14. The van der Waals surface area contributed by atoms with Crippen LogP contribution in [0.3, 0.4) is 0 Å². The normalized spacial score (nSPS) is 12.0. The largest absolute Gasteiger partial charge is 0.417 e. The van der Waals surface area contributed by atoms with Crippen LogP contribution < -0.4 is 0 Å². The molecule has 0 saturated carbocycles. The molecule has 3 nitrogen and oxygen atoms in total. The third-order valence-electron chi connectivity index (χ3n) is 13.4. The molecule has 2 aromatic heterocycles. The maximum Gasteiger partial charge on any atom is 0.417 e. The van der Waals surface area contributed by atoms with E-state index in [1.807, 2.05) is 123 Å². The van der Waals surface area contributed by atoms with Crippen molar-refractivity contribution in [1.29, 1.82) is 0 Å². The van der Waals surface area contributed by atoms with E-state index in [9.17, 15) is 0 Å². The molecule has 0 saturated heterocycles. The number of alkyl halides is 6. The number of aromatic nitrogens is 3. The third-order valence-corrected chi connectivity index (χ3v) is 13.4. The van der Waals surface area contributed by atoms with Crippen molar-refractivity contribution >= 4 is 21.8 Å². The van der Waals surface area contributed by atoms with Crippen LogP contribution in [0.25, 0.3) is 106 Å². The lowest BCUT2D eigenvalue weighted by Crippen LogP contribution is -2.11. The molecule has 0 aliphatic rings. The Kier molecular flexibility index (Phi) is 11.7. The number of benzene rings is 9. The number of hydrogen-bond donors (Lipinski definition) is 0. The average Bonchev–Trinajstić information content (AvgIpc) is 3.70. The van der Waals surface area contributed by atoms with Gasteiger partial charge in [0.2, 0.25) is 0 Å². The molecule has 0 radical (unpaired) electrons. The summed E-state index contributed by atoms with van der Waals surface area (Å²) in [4.78, 5) is 10.1. The topological polar surface area (TPSA) is 30.7 Å². The molecule has 0 spiro atoms. The molecule has 0 amide bonds. The highest BCUT2D eigenvalue weighted by molar-refractivity contribution is 6.13. The van der Waals surface area contributed by atoms with E-state index in [0.29, 0.717) is 22.4 Å². The average molecular weight is 970 g/mol. The fourth-order valence-corrected chi connectivity index (χ4v) is 10.3. The highest BCUT2D eigenvalue weighted by Crippen LogP contribution is 2.49. The zero-order chi connectivity index (χ0) is 50.8. The monoisotopic (exact) mass is 969 g/mol. The summed E-state index contributed by atoms with van der Waals surface area (Å²) in [5.41, 5.74) is 9.77. The Hall–Kier alpha value is -8.56. The molecule has 0 aliphatic heterocycles. The second-order valence-electron chi connectivity index (χ2n) is 18.8. The van der Waals surface area contributed by atoms with Gasteiger partial charge in [0.15, 0.2) is 5.82 Å². The Bertz CT molecular complexity index is 3640. The molecule has 11 rings (SSSR count). The minimum atomic E-state index is -4.86. The van der Waals surface area contributed by atoms with Gasteiger partial charge in [-0.05, 0) is 116 Å². The van der Waals surface area contributed by atoms with Gasteiger partial charge in [0, 0.05) is 38.6 Å². The molecule has 2 heterocycles. The zero-order valence-electron chi connectivity index (χ0n) is 40.2. The SMILES string of the molecule is Cc1cc(C)cc(-c2ccc3c(c2)c2cc(-c4cc(C)cc(C)c4)ccc2n3-c2c(-c3ccccc3C(F)(F)F)cc(-c3nc(-c4ccccc4)cc(-c4ccccc4)n3)cc2-c2ccccc2C(F)(F)F)c1. The third kappa shape index (κ3) is 8.96. The van der Waals surface area contributed by atoms with Crippen molar-refractivity contribution in [3.05, 3.63) is 234 Å². The van der Waals surface area contributed by atoms with Crippen molar-refractivity contribution in [2.24, 2.45) is 0 Å². The predicted molar refractivity (Wildman–Crippen MR) is 283 cm³/mol. The van der Waals surface area contributed by atoms with Gasteiger partial charge in [0.1, 0.15) is 0 Å². The fraction of sp³-hybridized carbons (Fsp3) is 0.0938. The molecule has 11 aromatic rings. The van der Waals surface area contributed by atoms with Crippen LogP contribution in [-0.4, -0.2) is 14.5 Å². The zero-order valence-corrected chi connectivity index (χ0v) is 40.2. The number of halogens is 6. The Morgan fingerprint density at radius 1 is 0.329 bits per heavy atom. The van der Waals surface area contributed by atoms with E-state index < -0.39 is 23.5 Å². The van der Waals surface area contributed by atoms with Crippen LogP contribution in [0, 0.1) is 27.7 Å². The van der Waals surface area contributed by atoms with Crippen molar-refractivity contribution < 1.29 is 26.3 Å². The summed E-state index contributed by atoms with van der Waals surface area (Å²) in [5.74, 6) is 0.113. The molecule has 0 bridgehead atoms. The Morgan fingerprint density at radius 2 is 0.712 bits per heavy atom. The molecule has 0 unspecified atom stereocenters. The maximum atomic E-state index is 15.6. The van der Waals surface area contributed by atoms with Crippen LogP contribution in [0.15, 0.2) is 200 Å². The molecule has 0 fully saturated rings. The van der Waals surface area contributed by atoms with Gasteiger partial charge in [-0.3, -0.25) is 0 Å². The van der Waals surface area contributed by atoms with Gasteiger partial charge in [-0.25, -0.2) is 9.97 Å². The van der Waals surface area contributed by atoms with Crippen LogP contribution in [0.1, 0.15) is 33.4 Å². The van der Waals surface area contributed by atoms with Crippen LogP contribution in [0.5, 0.6) is 0 Å². The standard InChI is InChI=1S/C64H45F6N3/c1-38-27-39(2)30-46(29-38)44-23-25-59-51(33-44)52-34-45(47-31-40(3)28-41(4)32-47)24-26-60(52)73(59)61-53(49-19-11-13-21-55(49)63(65,66)67)35-48(36-54(61)50-20-12-14-22-56(50)64(68,69)70)62-71-57(42-15-7-5-8-16-42)37-58(72-62)43-17-9-6-10-18-43/h5-37H,1-4H3. The maximum absolute atomic E-state index is 15.6. The van der Waals surface area contributed by atoms with Gasteiger partial charge in [-0.15, -0.1) is 0 Å². The molecule has 0 N–H and O–H groups in total. The molecule has 9 aromatic carbocycles. The number of nitrogens with zero attached hydrogens (tertiary/aromatic N) is 3. The van der Waals surface area contributed by atoms with Crippen LogP contribution in [-0.2, 0) is 12.4 Å². The first-order valence-electron chi connectivity index (χ1n) is 23.8. The van der Waals surface area contributed by atoms with E-state index in [4.69, 9.17) is 9.97 Å². The fourth-order valence-electron chi connectivity index (χ4n) is 10.3. The first-order chi connectivity index (χ1) is 35.1. The lowest BCUT2D eigenvalue weighted by Gasteiger charge is -2.24. The molecule has 0 atom stereocenters. The Morgan fingerprint density at radius 3 is 1.11 bits per heavy atom. The van der Waals surface area contributed by atoms with E-state index in [1.54, 1.807) is 12.1 Å². The highest BCUT2D eigenvalue weighted by Gasteiger charge is 2.37. The van der Waals surface area contributed by atoms with E-state index in [1.165, 1.54) is 36.4 Å². The van der Waals surface area contributed by atoms with Crippen molar-refractivity contribution in [3.8, 4) is 84.1 Å². The van der Waals surface area contributed by atoms with E-state index in [0.717, 1.165) is 78.5 Å². The highest BCUT2D eigenvalue weighted by atomic mass is 19.4. The lowest BCUT2D eigenvalue weighted by molar-refractivity contribution is -0.137.